The van der Waals surface area contributed by atoms with Crippen LogP contribution in [0.25, 0.3) is 22.3 Å². The zero-order valence-electron chi connectivity index (χ0n) is 16.9. The second kappa shape index (κ2) is 8.01. The fourth-order valence-corrected chi connectivity index (χ4v) is 3.53. The Morgan fingerprint density at radius 1 is 0.848 bits per heavy atom. The fourth-order valence-electron chi connectivity index (χ4n) is 3.53. The molecular formula is C21H20O12. The molecule has 0 radical (unpaired) electrons. The Hall–Kier alpha value is -3.71. The van der Waals surface area contributed by atoms with E-state index in [0.717, 1.165) is 24.3 Å². The molecule has 0 amide bonds. The van der Waals surface area contributed by atoms with Crippen LogP contribution in [0.1, 0.15) is 6.92 Å². The Morgan fingerprint density at radius 3 is 2.12 bits per heavy atom. The second-order valence-electron chi connectivity index (χ2n) is 7.59. The van der Waals surface area contributed by atoms with Gasteiger partial charge in [0.2, 0.25) is 17.5 Å². The molecule has 5 atom stereocenters. The molecule has 3 aromatic rings. The van der Waals surface area contributed by atoms with Crippen LogP contribution in [0.2, 0.25) is 0 Å². The first-order valence-corrected chi connectivity index (χ1v) is 9.64. The molecule has 12 heteroatoms. The fraction of sp³-hybridized carbons (Fsp3) is 0.286. The Kier molecular flexibility index (Phi) is 5.46. The lowest BCUT2D eigenvalue weighted by molar-refractivity contribution is -0.268. The summed E-state index contributed by atoms with van der Waals surface area (Å²) in [4.78, 5) is 13.2. The molecule has 8 N–H and O–H groups in total. The molecule has 176 valence electrons. The van der Waals surface area contributed by atoms with Crippen molar-refractivity contribution in [3.63, 3.8) is 0 Å². The molecule has 0 bridgehead atoms. The molecular weight excluding hydrogens is 444 g/mol. The van der Waals surface area contributed by atoms with Gasteiger partial charge in [0, 0.05) is 17.7 Å². The Morgan fingerprint density at radius 2 is 1.48 bits per heavy atom. The summed E-state index contributed by atoms with van der Waals surface area (Å²) in [6, 6.07) is 3.79. The van der Waals surface area contributed by atoms with Crippen molar-refractivity contribution in [2.24, 2.45) is 0 Å². The highest BCUT2D eigenvalue weighted by Gasteiger charge is 2.44. The molecule has 1 aliphatic heterocycles. The molecule has 0 aliphatic carbocycles. The lowest BCUT2D eigenvalue weighted by atomic mass is 10.00. The Labute approximate surface area is 184 Å². The van der Waals surface area contributed by atoms with Gasteiger partial charge in [-0.15, -0.1) is 0 Å². The van der Waals surface area contributed by atoms with E-state index in [1.54, 1.807) is 0 Å². The van der Waals surface area contributed by atoms with E-state index in [1.807, 2.05) is 0 Å². The maximum Gasteiger partial charge on any atom is 0.239 e. The lowest BCUT2D eigenvalue weighted by Gasteiger charge is -2.38. The number of benzene rings is 2. The van der Waals surface area contributed by atoms with Gasteiger partial charge < -0.3 is 54.7 Å². The zero-order chi connectivity index (χ0) is 24.2. The van der Waals surface area contributed by atoms with Crippen molar-refractivity contribution in [2.75, 3.05) is 0 Å². The summed E-state index contributed by atoms with van der Waals surface area (Å²) < 4.78 is 16.5. The van der Waals surface area contributed by atoms with Gasteiger partial charge >= 0.3 is 0 Å². The van der Waals surface area contributed by atoms with Crippen LogP contribution in [-0.4, -0.2) is 71.6 Å². The standard InChI is InChI=1S/C21H20O12/c1-6-14(26)17(29)18(30)21(31-6)33-20-16(28)13-9(23)4-8(22)5-12(13)32-19(20)7-2-10(24)15(27)11(25)3-7/h2-6,14,17-18,21-27,29-30H,1H3/t6-,14?,17-,18+,21?/m0/s1. The van der Waals surface area contributed by atoms with Gasteiger partial charge in [-0.25, -0.2) is 0 Å². The van der Waals surface area contributed by atoms with Crippen molar-refractivity contribution >= 4 is 11.0 Å². The number of hydrogen-bond donors (Lipinski definition) is 8. The second-order valence-corrected chi connectivity index (χ2v) is 7.59. The average molecular weight is 464 g/mol. The number of aliphatic hydroxyl groups excluding tert-OH is 3. The van der Waals surface area contributed by atoms with E-state index in [1.165, 1.54) is 6.92 Å². The minimum Gasteiger partial charge on any atom is -0.508 e. The van der Waals surface area contributed by atoms with Gasteiger partial charge in [-0.2, -0.15) is 0 Å². The van der Waals surface area contributed by atoms with E-state index in [0.29, 0.717) is 0 Å². The first-order valence-electron chi connectivity index (χ1n) is 9.64. The van der Waals surface area contributed by atoms with Crippen LogP contribution in [0.4, 0.5) is 0 Å². The number of rotatable bonds is 3. The quantitative estimate of drug-likeness (QED) is 0.244. The van der Waals surface area contributed by atoms with Crippen molar-refractivity contribution in [3.05, 3.63) is 34.5 Å². The monoisotopic (exact) mass is 464 g/mol. The topological polar surface area (TPSA) is 211 Å². The third-order valence-electron chi connectivity index (χ3n) is 5.29. The first kappa shape index (κ1) is 22.5. The van der Waals surface area contributed by atoms with Crippen LogP contribution in [0, 0.1) is 0 Å². The van der Waals surface area contributed by atoms with Gasteiger partial charge in [0.05, 0.1) is 6.10 Å². The SMILES string of the molecule is C[C@@H]1OC(Oc2c(-c3cc(O)c(O)c(O)c3)oc3cc(O)cc(O)c3c2=O)[C@H](O)[C@@H](O)C1O. The number of fused-ring (bicyclic) bond motifs is 1. The Bertz CT molecular complexity index is 1260. The molecule has 1 aromatic heterocycles. The predicted octanol–water partition coefficient (Wildman–Crippen LogP) is 0.194. The largest absolute Gasteiger partial charge is 0.508 e. The molecule has 1 saturated heterocycles. The third-order valence-corrected chi connectivity index (χ3v) is 5.29. The predicted molar refractivity (Wildman–Crippen MR) is 109 cm³/mol. The van der Waals surface area contributed by atoms with Crippen molar-refractivity contribution in [1.29, 1.82) is 0 Å². The summed E-state index contributed by atoms with van der Waals surface area (Å²) in [6.45, 7) is 1.39. The van der Waals surface area contributed by atoms with Gasteiger partial charge in [-0.05, 0) is 19.1 Å². The first-order chi connectivity index (χ1) is 15.5. The molecule has 4 rings (SSSR count). The van der Waals surface area contributed by atoms with Gasteiger partial charge in [0.15, 0.2) is 23.0 Å². The lowest BCUT2D eigenvalue weighted by Crippen LogP contribution is -2.58. The van der Waals surface area contributed by atoms with Crippen molar-refractivity contribution in [2.45, 2.75) is 37.6 Å². The average Bonchev–Trinajstić information content (AvgIpc) is 2.74. The molecule has 0 saturated carbocycles. The van der Waals surface area contributed by atoms with Crippen LogP contribution in [-0.2, 0) is 4.74 Å². The summed E-state index contributed by atoms with van der Waals surface area (Å²) >= 11 is 0. The summed E-state index contributed by atoms with van der Waals surface area (Å²) in [5.41, 5.74) is -1.45. The molecule has 1 fully saturated rings. The minimum atomic E-state index is -1.80. The van der Waals surface area contributed by atoms with Crippen LogP contribution >= 0.6 is 0 Å². The van der Waals surface area contributed by atoms with Gasteiger partial charge in [-0.3, -0.25) is 4.79 Å². The number of aromatic hydroxyl groups is 5. The molecule has 2 heterocycles. The number of phenolic OH excluding ortho intramolecular Hbond substituents is 5. The molecule has 1 aliphatic rings. The molecule has 33 heavy (non-hydrogen) atoms. The van der Waals surface area contributed by atoms with Crippen molar-refractivity contribution in [1.82, 2.24) is 0 Å². The van der Waals surface area contributed by atoms with E-state index < -0.39 is 81.8 Å². The van der Waals surface area contributed by atoms with Gasteiger partial charge in [0.25, 0.3) is 0 Å². The van der Waals surface area contributed by atoms with E-state index in [2.05, 4.69) is 0 Å². The maximum atomic E-state index is 13.2. The normalized spacial score (nSPS) is 25.3. The number of ether oxygens (including phenoxy) is 2. The molecule has 2 aromatic carbocycles. The van der Waals surface area contributed by atoms with Gasteiger partial charge in [0.1, 0.15) is 40.8 Å². The number of aliphatic hydroxyl groups is 3. The minimum absolute atomic E-state index is 0.168. The highest BCUT2D eigenvalue weighted by atomic mass is 16.7. The maximum absolute atomic E-state index is 13.2. The van der Waals surface area contributed by atoms with Crippen LogP contribution in [0.15, 0.2) is 33.5 Å². The summed E-state index contributed by atoms with van der Waals surface area (Å²) in [5, 5.41) is 79.1. The molecule has 0 spiro atoms. The molecule has 2 unspecified atom stereocenters. The summed E-state index contributed by atoms with van der Waals surface area (Å²) in [5.74, 6) is -4.55. The van der Waals surface area contributed by atoms with Crippen LogP contribution in [0.3, 0.4) is 0 Å². The smallest absolute Gasteiger partial charge is 0.239 e. The van der Waals surface area contributed by atoms with Crippen LogP contribution in [0.5, 0.6) is 34.5 Å². The van der Waals surface area contributed by atoms with E-state index >= 15 is 0 Å². The van der Waals surface area contributed by atoms with Crippen LogP contribution < -0.4 is 10.2 Å². The number of phenols is 5. The van der Waals surface area contributed by atoms with E-state index in [4.69, 9.17) is 13.9 Å². The molecule has 12 nitrogen and oxygen atoms in total. The highest BCUT2D eigenvalue weighted by Crippen LogP contribution is 2.43. The van der Waals surface area contributed by atoms with Crippen molar-refractivity contribution in [3.8, 4) is 45.8 Å². The van der Waals surface area contributed by atoms with Crippen molar-refractivity contribution < 1.29 is 54.7 Å². The Balaban J connectivity index is 1.95. The summed E-state index contributed by atoms with van der Waals surface area (Å²) in [6.07, 6.45) is -7.59. The third kappa shape index (κ3) is 3.74. The van der Waals surface area contributed by atoms with E-state index in [-0.39, 0.29) is 11.1 Å². The highest BCUT2D eigenvalue weighted by molar-refractivity contribution is 5.88. The van der Waals surface area contributed by atoms with E-state index in [9.17, 15) is 45.6 Å². The van der Waals surface area contributed by atoms with Gasteiger partial charge in [-0.1, -0.05) is 0 Å². The summed E-state index contributed by atoms with van der Waals surface area (Å²) in [7, 11) is 0. The number of hydrogen-bond acceptors (Lipinski definition) is 12. The zero-order valence-corrected chi connectivity index (χ0v) is 16.9.